The van der Waals surface area contributed by atoms with E-state index in [0.717, 1.165) is 12.1 Å². The number of benzene rings is 1. The smallest absolute Gasteiger partial charge is 0.300 e. The van der Waals surface area contributed by atoms with Crippen molar-refractivity contribution in [3.63, 3.8) is 0 Å². The SMILES string of the molecule is C#CC(NCC)c1cc(F)ccc1C(F)(F)F. The van der Waals surface area contributed by atoms with Gasteiger partial charge in [0.25, 0.3) is 0 Å². The first-order chi connectivity index (χ1) is 7.90. The molecule has 0 spiro atoms. The van der Waals surface area contributed by atoms with Crippen molar-refractivity contribution in [1.29, 1.82) is 0 Å². The van der Waals surface area contributed by atoms with E-state index in [0.29, 0.717) is 12.6 Å². The fourth-order valence-electron chi connectivity index (χ4n) is 1.49. The summed E-state index contributed by atoms with van der Waals surface area (Å²) in [6.07, 6.45) is 0.603. The molecule has 0 aliphatic heterocycles. The molecular formula is C12H11F4N. The van der Waals surface area contributed by atoms with E-state index >= 15 is 0 Å². The van der Waals surface area contributed by atoms with Gasteiger partial charge in [-0.25, -0.2) is 4.39 Å². The van der Waals surface area contributed by atoms with E-state index in [-0.39, 0.29) is 5.56 Å². The largest absolute Gasteiger partial charge is 0.416 e. The Morgan fingerprint density at radius 3 is 2.53 bits per heavy atom. The number of alkyl halides is 3. The summed E-state index contributed by atoms with van der Waals surface area (Å²) in [6, 6.07) is 1.33. The van der Waals surface area contributed by atoms with Gasteiger partial charge in [0.1, 0.15) is 5.82 Å². The van der Waals surface area contributed by atoms with Gasteiger partial charge < -0.3 is 5.32 Å². The summed E-state index contributed by atoms with van der Waals surface area (Å²) in [5, 5.41) is 2.69. The van der Waals surface area contributed by atoms with Crippen molar-refractivity contribution >= 4 is 0 Å². The maximum Gasteiger partial charge on any atom is 0.416 e. The molecule has 1 N–H and O–H groups in total. The Bertz CT molecular complexity index is 431. The lowest BCUT2D eigenvalue weighted by molar-refractivity contribution is -0.138. The molecule has 0 bridgehead atoms. The first-order valence-corrected chi connectivity index (χ1v) is 4.96. The monoisotopic (exact) mass is 245 g/mol. The van der Waals surface area contributed by atoms with Gasteiger partial charge in [0.15, 0.2) is 0 Å². The van der Waals surface area contributed by atoms with Crippen LogP contribution in [0, 0.1) is 18.2 Å². The molecule has 1 unspecified atom stereocenters. The summed E-state index contributed by atoms with van der Waals surface area (Å²) in [5.41, 5.74) is -1.18. The number of hydrogen-bond donors (Lipinski definition) is 1. The van der Waals surface area contributed by atoms with Crippen LogP contribution in [0.3, 0.4) is 0 Å². The normalized spacial score (nSPS) is 13.2. The second kappa shape index (κ2) is 5.19. The van der Waals surface area contributed by atoms with Crippen LogP contribution in [-0.2, 0) is 6.18 Å². The molecule has 1 aromatic carbocycles. The number of rotatable bonds is 3. The molecule has 0 aliphatic carbocycles. The van der Waals surface area contributed by atoms with Gasteiger partial charge in [0, 0.05) is 0 Å². The van der Waals surface area contributed by atoms with Crippen LogP contribution >= 0.6 is 0 Å². The third-order valence-electron chi connectivity index (χ3n) is 2.20. The van der Waals surface area contributed by atoms with Gasteiger partial charge >= 0.3 is 6.18 Å². The maximum atomic E-state index is 13.0. The van der Waals surface area contributed by atoms with Crippen molar-refractivity contribution in [1.82, 2.24) is 5.32 Å². The quantitative estimate of drug-likeness (QED) is 0.637. The number of terminal acetylenes is 1. The third kappa shape index (κ3) is 3.21. The van der Waals surface area contributed by atoms with Crippen LogP contribution in [0.15, 0.2) is 18.2 Å². The molecule has 0 radical (unpaired) electrons. The van der Waals surface area contributed by atoms with Crippen LogP contribution in [0.1, 0.15) is 24.1 Å². The Balaban J connectivity index is 3.29. The first kappa shape index (κ1) is 13.5. The first-order valence-electron chi connectivity index (χ1n) is 4.96. The van der Waals surface area contributed by atoms with E-state index in [1.807, 2.05) is 0 Å². The Morgan fingerprint density at radius 1 is 1.41 bits per heavy atom. The highest BCUT2D eigenvalue weighted by Crippen LogP contribution is 2.34. The molecule has 1 rings (SSSR count). The van der Waals surface area contributed by atoms with E-state index < -0.39 is 23.6 Å². The second-order valence-electron chi connectivity index (χ2n) is 3.39. The minimum absolute atomic E-state index is 0.262. The van der Waals surface area contributed by atoms with Crippen LogP contribution in [-0.4, -0.2) is 6.54 Å². The molecule has 0 saturated carbocycles. The third-order valence-corrected chi connectivity index (χ3v) is 2.20. The maximum absolute atomic E-state index is 13.0. The number of nitrogens with one attached hydrogen (secondary N) is 1. The van der Waals surface area contributed by atoms with Crippen LogP contribution < -0.4 is 5.32 Å². The van der Waals surface area contributed by atoms with E-state index in [1.54, 1.807) is 6.92 Å². The van der Waals surface area contributed by atoms with Crippen molar-refractivity contribution in [2.24, 2.45) is 0 Å². The average molecular weight is 245 g/mol. The molecule has 17 heavy (non-hydrogen) atoms. The Labute approximate surface area is 96.8 Å². The second-order valence-corrected chi connectivity index (χ2v) is 3.39. The Hall–Kier alpha value is -1.54. The van der Waals surface area contributed by atoms with Crippen molar-refractivity contribution in [3.05, 3.63) is 35.1 Å². The zero-order chi connectivity index (χ0) is 13.1. The van der Waals surface area contributed by atoms with E-state index in [9.17, 15) is 17.6 Å². The predicted molar refractivity (Wildman–Crippen MR) is 56.7 cm³/mol. The van der Waals surface area contributed by atoms with Gasteiger partial charge in [0.05, 0.1) is 11.6 Å². The Morgan fingerprint density at radius 2 is 2.06 bits per heavy atom. The highest BCUT2D eigenvalue weighted by atomic mass is 19.4. The van der Waals surface area contributed by atoms with Crippen molar-refractivity contribution < 1.29 is 17.6 Å². The van der Waals surface area contributed by atoms with Crippen molar-refractivity contribution in [3.8, 4) is 12.3 Å². The summed E-state index contributed by atoms with van der Waals surface area (Å²) < 4.78 is 51.1. The fraction of sp³-hybridized carbons (Fsp3) is 0.333. The Kier molecular flexibility index (Phi) is 4.13. The minimum atomic E-state index is -4.55. The molecule has 1 aromatic rings. The van der Waals surface area contributed by atoms with Gasteiger partial charge in [-0.3, -0.25) is 0 Å². The summed E-state index contributed by atoms with van der Waals surface area (Å²) in [4.78, 5) is 0. The highest BCUT2D eigenvalue weighted by molar-refractivity contribution is 5.36. The van der Waals surface area contributed by atoms with Crippen molar-refractivity contribution in [2.75, 3.05) is 6.54 Å². The molecule has 1 nitrogen and oxygen atoms in total. The lowest BCUT2D eigenvalue weighted by Crippen LogP contribution is -2.23. The molecule has 0 aliphatic rings. The lowest BCUT2D eigenvalue weighted by atomic mass is 10.00. The fourth-order valence-corrected chi connectivity index (χ4v) is 1.49. The topological polar surface area (TPSA) is 12.0 Å². The molecule has 0 fully saturated rings. The van der Waals surface area contributed by atoms with E-state index in [4.69, 9.17) is 6.42 Å². The van der Waals surface area contributed by atoms with Crippen LogP contribution in [0.5, 0.6) is 0 Å². The molecule has 1 atom stereocenters. The van der Waals surface area contributed by atoms with Gasteiger partial charge in [-0.15, -0.1) is 6.42 Å². The molecule has 0 aromatic heterocycles. The zero-order valence-corrected chi connectivity index (χ0v) is 9.11. The number of hydrogen-bond acceptors (Lipinski definition) is 1. The molecular weight excluding hydrogens is 234 g/mol. The van der Waals surface area contributed by atoms with Gasteiger partial charge in [-0.2, -0.15) is 13.2 Å². The average Bonchev–Trinajstić information content (AvgIpc) is 2.24. The standard InChI is InChI=1S/C12H11F4N/c1-3-11(17-4-2)9-7-8(13)5-6-10(9)12(14,15)16/h1,5-7,11,17H,4H2,2H3. The van der Waals surface area contributed by atoms with Gasteiger partial charge in [-0.1, -0.05) is 12.8 Å². The summed E-state index contributed by atoms with van der Waals surface area (Å²) >= 11 is 0. The highest BCUT2D eigenvalue weighted by Gasteiger charge is 2.35. The molecule has 0 amide bonds. The van der Waals surface area contributed by atoms with E-state index in [1.165, 1.54) is 0 Å². The summed E-state index contributed by atoms with van der Waals surface area (Å²) in [7, 11) is 0. The van der Waals surface area contributed by atoms with Gasteiger partial charge in [-0.05, 0) is 30.3 Å². The van der Waals surface area contributed by atoms with Gasteiger partial charge in [0.2, 0.25) is 0 Å². The molecule has 92 valence electrons. The van der Waals surface area contributed by atoms with Crippen LogP contribution in [0.2, 0.25) is 0 Å². The predicted octanol–water partition coefficient (Wildman–Crippen LogP) is 3.13. The van der Waals surface area contributed by atoms with Crippen LogP contribution in [0.25, 0.3) is 0 Å². The molecule has 0 heterocycles. The minimum Gasteiger partial charge on any atom is -0.300 e. The molecule has 0 saturated heterocycles. The van der Waals surface area contributed by atoms with Crippen LogP contribution in [0.4, 0.5) is 17.6 Å². The molecule has 5 heteroatoms. The summed E-state index contributed by atoms with van der Waals surface area (Å²) in [6.45, 7) is 2.10. The number of halogens is 4. The lowest BCUT2D eigenvalue weighted by Gasteiger charge is -2.18. The summed E-state index contributed by atoms with van der Waals surface area (Å²) in [5.74, 6) is 1.44. The van der Waals surface area contributed by atoms with Crippen molar-refractivity contribution in [2.45, 2.75) is 19.1 Å². The van der Waals surface area contributed by atoms with E-state index in [2.05, 4.69) is 11.2 Å². The zero-order valence-electron chi connectivity index (χ0n) is 9.11.